The lowest BCUT2D eigenvalue weighted by Crippen LogP contribution is -2.01. The van der Waals surface area contributed by atoms with Gasteiger partial charge in [0.1, 0.15) is 10.8 Å². The van der Waals surface area contributed by atoms with E-state index in [0.717, 1.165) is 21.7 Å². The molecule has 1 heterocycles. The molecule has 1 aromatic heterocycles. The van der Waals surface area contributed by atoms with Crippen molar-refractivity contribution < 1.29 is 0 Å². The van der Waals surface area contributed by atoms with Crippen molar-refractivity contribution in [3.63, 3.8) is 0 Å². The zero-order valence-corrected chi connectivity index (χ0v) is 15.6. The Balaban J connectivity index is 1.88. The predicted octanol–water partition coefficient (Wildman–Crippen LogP) is 4.99. The summed E-state index contributed by atoms with van der Waals surface area (Å²) in [7, 11) is 0. The summed E-state index contributed by atoms with van der Waals surface area (Å²) in [6.45, 7) is 10.9. The molecule has 0 unspecified atom stereocenters. The lowest BCUT2D eigenvalue weighted by Gasteiger charge is -2.11. The predicted molar refractivity (Wildman–Crippen MR) is 107 cm³/mol. The van der Waals surface area contributed by atoms with Gasteiger partial charge in [0.05, 0.1) is 18.2 Å². The molecular formula is C20H16N6S. The minimum atomic E-state index is 0.358. The number of nitriles is 1. The van der Waals surface area contributed by atoms with Crippen LogP contribution in [0.3, 0.4) is 0 Å². The number of nitrogens with one attached hydrogen (secondary N) is 1. The van der Waals surface area contributed by atoms with Gasteiger partial charge in [0.25, 0.3) is 0 Å². The van der Waals surface area contributed by atoms with Crippen molar-refractivity contribution >= 4 is 34.9 Å². The highest BCUT2D eigenvalue weighted by Crippen LogP contribution is 2.34. The fourth-order valence-corrected chi connectivity index (χ4v) is 3.54. The van der Waals surface area contributed by atoms with E-state index < -0.39 is 0 Å². The fraction of sp³-hybridized carbons (Fsp3) is 0.100. The van der Waals surface area contributed by atoms with Gasteiger partial charge in [-0.1, -0.05) is 23.9 Å². The molecule has 3 aromatic rings. The second-order valence-electron chi connectivity index (χ2n) is 5.89. The summed E-state index contributed by atoms with van der Waals surface area (Å²) in [6.07, 6.45) is 0. The molecule has 0 aliphatic heterocycles. The third-order valence-corrected chi connectivity index (χ3v) is 5.04. The second kappa shape index (κ2) is 7.77. The van der Waals surface area contributed by atoms with E-state index in [1.54, 1.807) is 30.3 Å². The average Bonchev–Trinajstić information content (AvgIpc) is 2.64. The molecule has 0 fully saturated rings. The Labute approximate surface area is 161 Å². The van der Waals surface area contributed by atoms with Gasteiger partial charge in [-0.2, -0.15) is 10.2 Å². The maximum Gasteiger partial charge on any atom is 0.230 e. The van der Waals surface area contributed by atoms with E-state index in [1.165, 1.54) is 11.8 Å². The van der Waals surface area contributed by atoms with E-state index in [1.807, 2.05) is 26.0 Å². The van der Waals surface area contributed by atoms with Crippen LogP contribution in [0.25, 0.3) is 4.85 Å². The van der Waals surface area contributed by atoms with E-state index in [-0.39, 0.29) is 0 Å². The van der Waals surface area contributed by atoms with E-state index in [9.17, 15) is 0 Å². The Morgan fingerprint density at radius 1 is 1.11 bits per heavy atom. The Hall–Kier alpha value is -3.55. The molecule has 0 aliphatic carbocycles. The van der Waals surface area contributed by atoms with Gasteiger partial charge in [-0.15, -0.1) is 0 Å². The Bertz CT molecular complexity index is 1050. The molecule has 2 aromatic carbocycles. The largest absolute Gasteiger partial charge is 0.383 e. The normalized spacial score (nSPS) is 10.1. The minimum Gasteiger partial charge on any atom is -0.383 e. The van der Waals surface area contributed by atoms with Crippen LogP contribution in [0.15, 0.2) is 52.4 Å². The topological polar surface area (TPSA) is 92.0 Å². The summed E-state index contributed by atoms with van der Waals surface area (Å²) < 4.78 is 0. The van der Waals surface area contributed by atoms with Crippen molar-refractivity contribution in [3.8, 4) is 6.07 Å². The number of benzene rings is 2. The van der Waals surface area contributed by atoms with Crippen LogP contribution >= 0.6 is 11.8 Å². The van der Waals surface area contributed by atoms with Crippen molar-refractivity contribution in [3.05, 3.63) is 70.6 Å². The number of hydrogen-bond donors (Lipinski definition) is 2. The van der Waals surface area contributed by atoms with E-state index >= 15 is 0 Å². The molecule has 7 heteroatoms. The quantitative estimate of drug-likeness (QED) is 0.495. The first kappa shape index (κ1) is 18.2. The van der Waals surface area contributed by atoms with Crippen LogP contribution in [0.1, 0.15) is 16.7 Å². The maximum absolute atomic E-state index is 9.09. The van der Waals surface area contributed by atoms with Crippen LogP contribution in [-0.2, 0) is 0 Å². The summed E-state index contributed by atoms with van der Waals surface area (Å²) in [6, 6.07) is 14.6. The minimum absolute atomic E-state index is 0.358. The molecule has 0 saturated carbocycles. The highest BCUT2D eigenvalue weighted by atomic mass is 32.2. The van der Waals surface area contributed by atoms with E-state index in [2.05, 4.69) is 26.2 Å². The number of nitrogen functional groups attached to an aromatic ring is 1. The molecule has 0 aliphatic rings. The third-order valence-electron chi connectivity index (χ3n) is 3.77. The van der Waals surface area contributed by atoms with Gasteiger partial charge >= 0.3 is 0 Å². The van der Waals surface area contributed by atoms with E-state index in [0.29, 0.717) is 28.0 Å². The molecule has 3 N–H and O–H groups in total. The summed E-state index contributed by atoms with van der Waals surface area (Å²) in [5.74, 6) is 0.744. The van der Waals surface area contributed by atoms with Crippen LogP contribution in [0.2, 0.25) is 0 Å². The molecule has 132 valence electrons. The zero-order valence-electron chi connectivity index (χ0n) is 14.8. The van der Waals surface area contributed by atoms with Crippen molar-refractivity contribution in [2.75, 3.05) is 11.1 Å². The Morgan fingerprint density at radius 2 is 1.78 bits per heavy atom. The number of rotatable bonds is 4. The smallest absolute Gasteiger partial charge is 0.230 e. The highest BCUT2D eigenvalue weighted by Gasteiger charge is 2.10. The lowest BCUT2D eigenvalue weighted by atomic mass is 10.1. The van der Waals surface area contributed by atoms with Crippen LogP contribution in [-0.4, -0.2) is 9.97 Å². The molecule has 0 saturated heterocycles. The van der Waals surface area contributed by atoms with Crippen molar-refractivity contribution in [1.82, 2.24) is 9.97 Å². The van der Waals surface area contributed by atoms with Gasteiger partial charge in [0, 0.05) is 16.6 Å². The number of anilines is 3. The zero-order chi connectivity index (χ0) is 19.4. The van der Waals surface area contributed by atoms with Gasteiger partial charge < -0.3 is 11.1 Å². The molecule has 0 atom stereocenters. The number of aromatic nitrogens is 2. The molecule has 3 rings (SSSR count). The summed E-state index contributed by atoms with van der Waals surface area (Å²) in [4.78, 5) is 13.2. The summed E-state index contributed by atoms with van der Waals surface area (Å²) in [5, 5.41) is 12.9. The summed E-state index contributed by atoms with van der Waals surface area (Å²) >= 11 is 1.48. The van der Waals surface area contributed by atoms with Crippen molar-refractivity contribution in [2.45, 2.75) is 23.8 Å². The van der Waals surface area contributed by atoms with Crippen LogP contribution < -0.4 is 11.1 Å². The first-order chi connectivity index (χ1) is 13.0. The van der Waals surface area contributed by atoms with Gasteiger partial charge in [0.2, 0.25) is 5.95 Å². The van der Waals surface area contributed by atoms with Gasteiger partial charge in [-0.3, -0.25) is 0 Å². The van der Waals surface area contributed by atoms with Crippen LogP contribution in [0.5, 0.6) is 0 Å². The molecular weight excluding hydrogens is 356 g/mol. The standard InChI is InChI=1S/C20H16N6S/c1-12-8-14(11-21)9-13(2)19(12)27-18-10-17(22)25-20(26-18)24-16-6-4-15(23-3)5-7-16/h4-10H,1-2H3,(H3,22,24,25,26). The van der Waals surface area contributed by atoms with Crippen molar-refractivity contribution in [2.24, 2.45) is 0 Å². The average molecular weight is 372 g/mol. The highest BCUT2D eigenvalue weighted by molar-refractivity contribution is 7.99. The Kier molecular flexibility index (Phi) is 5.25. The molecule has 27 heavy (non-hydrogen) atoms. The molecule has 0 amide bonds. The maximum atomic E-state index is 9.09. The van der Waals surface area contributed by atoms with E-state index in [4.69, 9.17) is 17.6 Å². The van der Waals surface area contributed by atoms with Crippen LogP contribution in [0, 0.1) is 31.8 Å². The van der Waals surface area contributed by atoms with Gasteiger partial charge in [-0.05, 0) is 49.2 Å². The number of nitrogens with zero attached hydrogens (tertiary/aromatic N) is 4. The van der Waals surface area contributed by atoms with Gasteiger partial charge in [-0.25, -0.2) is 9.83 Å². The molecule has 0 spiro atoms. The van der Waals surface area contributed by atoms with Gasteiger partial charge in [0.15, 0.2) is 5.69 Å². The SMILES string of the molecule is [C-]#[N+]c1ccc(Nc2nc(N)cc(Sc3c(C)cc(C#N)cc3C)n2)cc1. The summed E-state index contributed by atoms with van der Waals surface area (Å²) in [5.41, 5.74) is 9.95. The molecule has 0 radical (unpaired) electrons. The first-order valence-electron chi connectivity index (χ1n) is 8.07. The second-order valence-corrected chi connectivity index (χ2v) is 6.92. The first-order valence-corrected chi connectivity index (χ1v) is 8.88. The molecule has 0 bridgehead atoms. The molecule has 6 nitrogen and oxygen atoms in total. The Morgan fingerprint density at radius 3 is 2.37 bits per heavy atom. The number of hydrogen-bond acceptors (Lipinski definition) is 6. The third kappa shape index (κ3) is 4.35. The van der Waals surface area contributed by atoms with Crippen molar-refractivity contribution in [1.29, 1.82) is 5.26 Å². The number of aryl methyl sites for hydroxylation is 2. The lowest BCUT2D eigenvalue weighted by molar-refractivity contribution is 1.06. The monoisotopic (exact) mass is 372 g/mol. The number of nitrogens with two attached hydrogens (primary N) is 1. The van der Waals surface area contributed by atoms with Crippen LogP contribution in [0.4, 0.5) is 23.1 Å². The fourth-order valence-electron chi connectivity index (χ4n) is 2.58.